The molecule has 5 nitrogen and oxygen atoms in total. The third kappa shape index (κ3) is 3.75. The van der Waals surface area contributed by atoms with Gasteiger partial charge in [0.2, 0.25) is 0 Å². The molecule has 0 aliphatic carbocycles. The van der Waals surface area contributed by atoms with E-state index in [0.29, 0.717) is 5.75 Å². The highest BCUT2D eigenvalue weighted by molar-refractivity contribution is 6.48. The van der Waals surface area contributed by atoms with Gasteiger partial charge in [-0.2, -0.15) is 0 Å². The summed E-state index contributed by atoms with van der Waals surface area (Å²) in [5, 5.41) is 17.5. The van der Waals surface area contributed by atoms with Gasteiger partial charge in [-0.05, 0) is 11.5 Å². The lowest BCUT2D eigenvalue weighted by Gasteiger charge is -2.23. The van der Waals surface area contributed by atoms with Crippen molar-refractivity contribution in [3.05, 3.63) is 56.0 Å². The topological polar surface area (TPSA) is 83.8 Å². The fourth-order valence-electron chi connectivity index (χ4n) is 2.42. The number of ether oxygens (including phenoxy) is 1. The summed E-state index contributed by atoms with van der Waals surface area (Å²) >= 11 is 18.3. The summed E-state index contributed by atoms with van der Waals surface area (Å²) < 4.78 is 5.80. The molecular formula is C18H15Cl3O5. The Morgan fingerprint density at radius 3 is 1.88 bits per heavy atom. The lowest BCUT2D eigenvalue weighted by molar-refractivity contribution is 0.0651. The quantitative estimate of drug-likeness (QED) is 0.584. The molecule has 0 spiro atoms. The van der Waals surface area contributed by atoms with Crippen LogP contribution < -0.4 is 4.74 Å². The summed E-state index contributed by atoms with van der Waals surface area (Å²) in [6.45, 7) is 5.92. The minimum atomic E-state index is -1.56. The molecule has 0 atom stereocenters. The van der Waals surface area contributed by atoms with Gasteiger partial charge in [-0.25, -0.2) is 9.59 Å². The van der Waals surface area contributed by atoms with Crippen molar-refractivity contribution in [2.45, 2.75) is 26.2 Å². The Morgan fingerprint density at radius 1 is 0.885 bits per heavy atom. The van der Waals surface area contributed by atoms with E-state index in [-0.39, 0.29) is 16.2 Å². The minimum absolute atomic E-state index is 0.211. The monoisotopic (exact) mass is 416 g/mol. The molecule has 138 valence electrons. The lowest BCUT2D eigenvalue weighted by Crippen LogP contribution is -2.13. The van der Waals surface area contributed by atoms with Crippen LogP contribution in [0.3, 0.4) is 0 Å². The number of aromatic carboxylic acids is 2. The van der Waals surface area contributed by atoms with E-state index in [9.17, 15) is 19.8 Å². The van der Waals surface area contributed by atoms with E-state index in [1.54, 1.807) is 12.1 Å². The number of halogens is 3. The highest BCUT2D eigenvalue weighted by atomic mass is 35.5. The molecule has 2 aromatic rings. The summed E-state index contributed by atoms with van der Waals surface area (Å²) in [6, 6.07) is 7.09. The number of rotatable bonds is 4. The van der Waals surface area contributed by atoms with E-state index >= 15 is 0 Å². The first-order chi connectivity index (χ1) is 12.0. The van der Waals surface area contributed by atoms with Gasteiger partial charge < -0.3 is 14.9 Å². The number of carboxylic acid groups (broad SMARTS) is 2. The van der Waals surface area contributed by atoms with E-state index in [0.717, 1.165) is 5.56 Å². The van der Waals surface area contributed by atoms with Gasteiger partial charge in [-0.1, -0.05) is 73.8 Å². The third-order valence-corrected chi connectivity index (χ3v) is 4.81. The summed E-state index contributed by atoms with van der Waals surface area (Å²) in [4.78, 5) is 22.9. The molecule has 0 saturated heterocycles. The largest absolute Gasteiger partial charge is 0.478 e. The van der Waals surface area contributed by atoms with Gasteiger partial charge in [0, 0.05) is 5.56 Å². The number of hydrogen-bond acceptors (Lipinski definition) is 3. The second-order valence-electron chi connectivity index (χ2n) is 6.48. The second kappa shape index (κ2) is 7.35. The summed E-state index contributed by atoms with van der Waals surface area (Å²) in [7, 11) is 0. The maximum absolute atomic E-state index is 11.5. The highest BCUT2D eigenvalue weighted by Gasteiger charge is 2.31. The predicted molar refractivity (Wildman–Crippen MR) is 101 cm³/mol. The molecule has 0 radical (unpaired) electrons. The molecule has 0 aliphatic heterocycles. The van der Waals surface area contributed by atoms with Crippen LogP contribution in [0.4, 0.5) is 0 Å². The van der Waals surface area contributed by atoms with Crippen LogP contribution >= 0.6 is 34.8 Å². The van der Waals surface area contributed by atoms with Crippen molar-refractivity contribution in [1.29, 1.82) is 0 Å². The van der Waals surface area contributed by atoms with Crippen LogP contribution in [-0.4, -0.2) is 22.2 Å². The Labute approximate surface area is 165 Å². The van der Waals surface area contributed by atoms with Crippen LogP contribution in [-0.2, 0) is 5.41 Å². The van der Waals surface area contributed by atoms with Crippen molar-refractivity contribution in [1.82, 2.24) is 0 Å². The maximum Gasteiger partial charge on any atom is 0.338 e. The van der Waals surface area contributed by atoms with Gasteiger partial charge >= 0.3 is 11.9 Å². The fourth-order valence-corrected chi connectivity index (χ4v) is 3.26. The number of hydrogen-bond donors (Lipinski definition) is 2. The van der Waals surface area contributed by atoms with Crippen LogP contribution in [0.2, 0.25) is 15.1 Å². The molecule has 2 rings (SSSR count). The van der Waals surface area contributed by atoms with Crippen LogP contribution in [0, 0.1) is 0 Å². The number of carbonyl (C=O) groups is 2. The third-order valence-electron chi connectivity index (χ3n) is 3.62. The highest BCUT2D eigenvalue weighted by Crippen LogP contribution is 2.46. The van der Waals surface area contributed by atoms with E-state index in [1.807, 2.05) is 32.9 Å². The van der Waals surface area contributed by atoms with Crippen molar-refractivity contribution in [3.8, 4) is 11.5 Å². The predicted octanol–water partition coefficient (Wildman–Crippen LogP) is 6.13. The van der Waals surface area contributed by atoms with Crippen molar-refractivity contribution in [2.24, 2.45) is 0 Å². The van der Waals surface area contributed by atoms with Crippen LogP contribution in [0.15, 0.2) is 24.3 Å². The molecule has 0 aliphatic rings. The summed E-state index contributed by atoms with van der Waals surface area (Å²) in [5.41, 5.74) is -0.833. The molecule has 2 N–H and O–H groups in total. The molecule has 8 heteroatoms. The average molecular weight is 418 g/mol. The summed E-state index contributed by atoms with van der Waals surface area (Å²) in [6.07, 6.45) is 0. The molecule has 26 heavy (non-hydrogen) atoms. The molecule has 0 aromatic heterocycles. The van der Waals surface area contributed by atoms with Crippen molar-refractivity contribution in [2.75, 3.05) is 0 Å². The smallest absolute Gasteiger partial charge is 0.338 e. The SMILES string of the molecule is CC(C)(C)c1ccccc1Oc1c(Cl)c(Cl)c(C(=O)O)c(C(=O)O)c1Cl. The summed E-state index contributed by atoms with van der Waals surface area (Å²) in [5.74, 6) is -2.92. The standard InChI is InChI=1S/C18H15Cl3O5/c1-18(2,3)8-6-4-5-7-9(8)26-15-13(20)11(17(24)25)10(16(22)23)12(19)14(15)21/h4-7H,1-3H3,(H,22,23)(H,24,25). The van der Waals surface area contributed by atoms with Gasteiger partial charge in [-0.3, -0.25) is 0 Å². The van der Waals surface area contributed by atoms with Crippen LogP contribution in [0.25, 0.3) is 0 Å². The molecule has 2 aromatic carbocycles. The Bertz CT molecular complexity index is 901. The molecule has 0 bridgehead atoms. The first kappa shape index (κ1) is 20.4. The minimum Gasteiger partial charge on any atom is -0.478 e. The first-order valence-corrected chi connectivity index (χ1v) is 8.54. The first-order valence-electron chi connectivity index (χ1n) is 7.41. The van der Waals surface area contributed by atoms with E-state index in [4.69, 9.17) is 39.5 Å². The number of carboxylic acids is 2. The van der Waals surface area contributed by atoms with Gasteiger partial charge in [0.15, 0.2) is 5.75 Å². The number of benzene rings is 2. The van der Waals surface area contributed by atoms with Crippen LogP contribution in [0.5, 0.6) is 11.5 Å². The van der Waals surface area contributed by atoms with Crippen molar-refractivity contribution in [3.63, 3.8) is 0 Å². The Kier molecular flexibility index (Phi) is 5.76. The molecule has 0 unspecified atom stereocenters. The Morgan fingerprint density at radius 2 is 1.38 bits per heavy atom. The second-order valence-corrected chi connectivity index (χ2v) is 7.61. The number of para-hydroxylation sites is 1. The zero-order valence-electron chi connectivity index (χ0n) is 14.1. The fraction of sp³-hybridized carbons (Fsp3) is 0.222. The van der Waals surface area contributed by atoms with Crippen molar-refractivity contribution < 1.29 is 24.5 Å². The van der Waals surface area contributed by atoms with Crippen LogP contribution in [0.1, 0.15) is 47.1 Å². The Hall–Kier alpha value is -1.95. The molecule has 0 amide bonds. The molecule has 0 fully saturated rings. The van der Waals surface area contributed by atoms with E-state index in [1.165, 1.54) is 0 Å². The zero-order valence-corrected chi connectivity index (χ0v) is 16.3. The molecule has 0 saturated carbocycles. The van der Waals surface area contributed by atoms with Gasteiger partial charge in [-0.15, -0.1) is 0 Å². The normalized spacial score (nSPS) is 11.3. The van der Waals surface area contributed by atoms with E-state index in [2.05, 4.69) is 0 Å². The zero-order chi connectivity index (χ0) is 19.8. The average Bonchev–Trinajstić information content (AvgIpc) is 2.53. The van der Waals surface area contributed by atoms with Gasteiger partial charge in [0.25, 0.3) is 0 Å². The van der Waals surface area contributed by atoms with Gasteiger partial charge in [0.1, 0.15) is 15.8 Å². The Balaban J connectivity index is 2.74. The van der Waals surface area contributed by atoms with E-state index < -0.39 is 33.1 Å². The maximum atomic E-state index is 11.5. The van der Waals surface area contributed by atoms with Crippen molar-refractivity contribution >= 4 is 46.7 Å². The lowest BCUT2D eigenvalue weighted by atomic mass is 9.86. The van der Waals surface area contributed by atoms with Gasteiger partial charge in [0.05, 0.1) is 16.1 Å². The molecule has 0 heterocycles. The molecular weight excluding hydrogens is 403 g/mol.